The molecule has 0 saturated carbocycles. The van der Waals surface area contributed by atoms with Crippen LogP contribution in [0.2, 0.25) is 0 Å². The monoisotopic (exact) mass is 416 g/mol. The molecular weight excluding hydrogens is 380 g/mol. The highest BCUT2D eigenvalue weighted by molar-refractivity contribution is 5.81. The van der Waals surface area contributed by atoms with Crippen LogP contribution in [0.1, 0.15) is 49.7 Å². The van der Waals surface area contributed by atoms with Crippen LogP contribution in [0, 0.1) is 12.8 Å². The number of piperidine rings is 1. The van der Waals surface area contributed by atoms with Gasteiger partial charge >= 0.3 is 5.97 Å². The van der Waals surface area contributed by atoms with Gasteiger partial charge in [0, 0.05) is 32.7 Å². The first-order valence-corrected chi connectivity index (χ1v) is 11.3. The van der Waals surface area contributed by atoms with Gasteiger partial charge in [0.1, 0.15) is 0 Å². The van der Waals surface area contributed by atoms with Crippen molar-refractivity contribution in [2.45, 2.75) is 58.1 Å². The van der Waals surface area contributed by atoms with Crippen LogP contribution in [0.15, 0.2) is 24.3 Å². The number of esters is 1. The van der Waals surface area contributed by atoms with E-state index >= 15 is 0 Å². The summed E-state index contributed by atoms with van der Waals surface area (Å²) < 4.78 is 10.5. The summed E-state index contributed by atoms with van der Waals surface area (Å²) in [6, 6.07) is 8.58. The van der Waals surface area contributed by atoms with Crippen LogP contribution < -0.4 is 0 Å². The quantitative estimate of drug-likeness (QED) is 0.579. The first-order valence-electron chi connectivity index (χ1n) is 11.3. The second-order valence-electron chi connectivity index (χ2n) is 8.66. The number of hydrogen-bond donors (Lipinski definition) is 0. The van der Waals surface area contributed by atoms with Crippen molar-refractivity contribution >= 4 is 11.9 Å². The van der Waals surface area contributed by atoms with Crippen LogP contribution in [0.3, 0.4) is 0 Å². The Morgan fingerprint density at radius 2 is 1.90 bits per heavy atom. The molecule has 6 heteroatoms. The van der Waals surface area contributed by atoms with E-state index in [-0.39, 0.29) is 30.8 Å². The van der Waals surface area contributed by atoms with Gasteiger partial charge in [-0.3, -0.25) is 14.5 Å². The van der Waals surface area contributed by atoms with E-state index in [1.165, 1.54) is 18.2 Å². The molecule has 1 aromatic rings. The first-order chi connectivity index (χ1) is 14.5. The largest absolute Gasteiger partial charge is 0.469 e. The molecule has 6 nitrogen and oxygen atoms in total. The Kier molecular flexibility index (Phi) is 8.70. The number of benzene rings is 1. The maximum atomic E-state index is 12.8. The Labute approximate surface area is 180 Å². The van der Waals surface area contributed by atoms with Gasteiger partial charge in [0.25, 0.3) is 0 Å². The average Bonchev–Trinajstić information content (AvgIpc) is 3.27. The smallest absolute Gasteiger partial charge is 0.306 e. The highest BCUT2D eigenvalue weighted by Gasteiger charge is 2.27. The Bertz CT molecular complexity index is 694. The van der Waals surface area contributed by atoms with Crippen molar-refractivity contribution in [3.8, 4) is 0 Å². The molecule has 2 aliphatic heterocycles. The van der Waals surface area contributed by atoms with E-state index in [4.69, 9.17) is 9.47 Å². The van der Waals surface area contributed by atoms with Crippen molar-refractivity contribution in [3.05, 3.63) is 35.4 Å². The number of methoxy groups -OCH3 is 1. The van der Waals surface area contributed by atoms with Gasteiger partial charge < -0.3 is 14.4 Å². The van der Waals surface area contributed by atoms with Crippen LogP contribution in [0.4, 0.5) is 0 Å². The molecule has 0 aromatic heterocycles. The fourth-order valence-electron chi connectivity index (χ4n) is 4.45. The van der Waals surface area contributed by atoms with Crippen molar-refractivity contribution in [1.82, 2.24) is 9.80 Å². The Balaban J connectivity index is 1.50. The Morgan fingerprint density at radius 3 is 2.57 bits per heavy atom. The summed E-state index contributed by atoms with van der Waals surface area (Å²) in [5.41, 5.74) is 2.74. The van der Waals surface area contributed by atoms with Gasteiger partial charge in [-0.15, -0.1) is 0 Å². The summed E-state index contributed by atoms with van der Waals surface area (Å²) >= 11 is 0. The molecule has 3 rings (SSSR count). The van der Waals surface area contributed by atoms with Gasteiger partial charge in [0.15, 0.2) is 0 Å². The van der Waals surface area contributed by atoms with E-state index in [0.29, 0.717) is 12.5 Å². The number of ether oxygens (including phenoxy) is 2. The zero-order chi connectivity index (χ0) is 21.3. The molecule has 0 N–H and O–H groups in total. The van der Waals surface area contributed by atoms with Crippen LogP contribution >= 0.6 is 0 Å². The Morgan fingerprint density at radius 1 is 1.13 bits per heavy atom. The molecule has 2 aliphatic rings. The van der Waals surface area contributed by atoms with Crippen LogP contribution in [0.25, 0.3) is 0 Å². The third-order valence-corrected chi connectivity index (χ3v) is 6.41. The predicted octanol–water partition coefficient (Wildman–Crippen LogP) is 3.17. The second kappa shape index (κ2) is 11.5. The molecule has 1 atom stereocenters. The molecule has 30 heavy (non-hydrogen) atoms. The molecule has 0 unspecified atom stereocenters. The summed E-state index contributed by atoms with van der Waals surface area (Å²) in [5.74, 6) is 0.213. The number of amides is 1. The molecule has 0 aliphatic carbocycles. The summed E-state index contributed by atoms with van der Waals surface area (Å²) in [6.45, 7) is 7.47. The number of likely N-dealkylation sites (tertiary alicyclic amines) is 1. The first kappa shape index (κ1) is 22.8. The van der Waals surface area contributed by atoms with Crippen molar-refractivity contribution in [2.24, 2.45) is 5.92 Å². The topological polar surface area (TPSA) is 59.1 Å². The van der Waals surface area contributed by atoms with E-state index in [0.717, 1.165) is 58.5 Å². The minimum atomic E-state index is -0.329. The van der Waals surface area contributed by atoms with Crippen molar-refractivity contribution in [3.63, 3.8) is 0 Å². The lowest BCUT2D eigenvalue weighted by Gasteiger charge is -2.36. The standard InChI is InChI=1S/C24H36N2O4/c1-19-6-3-4-7-21(19)17-25-13-11-20(12-14-25)16-26(18-22-8-5-15-30-22)23(27)9-10-24(28)29-2/h3-4,6-7,20,22H,5,8-18H2,1-2H3/t22-/m0/s1. The van der Waals surface area contributed by atoms with Gasteiger partial charge in [0.05, 0.1) is 19.6 Å². The molecule has 166 valence electrons. The normalized spacial score (nSPS) is 20.3. The van der Waals surface area contributed by atoms with Crippen LogP contribution in [-0.4, -0.2) is 67.7 Å². The molecule has 0 bridgehead atoms. The third kappa shape index (κ3) is 6.81. The molecule has 2 fully saturated rings. The fraction of sp³-hybridized carbons (Fsp3) is 0.667. The summed E-state index contributed by atoms with van der Waals surface area (Å²) in [6.07, 6.45) is 4.75. The maximum Gasteiger partial charge on any atom is 0.306 e. The molecular formula is C24H36N2O4. The highest BCUT2D eigenvalue weighted by Crippen LogP contribution is 2.23. The van der Waals surface area contributed by atoms with Crippen molar-refractivity contribution in [1.29, 1.82) is 0 Å². The van der Waals surface area contributed by atoms with E-state index in [1.807, 2.05) is 4.90 Å². The number of nitrogens with zero attached hydrogens (tertiary/aromatic N) is 2. The minimum absolute atomic E-state index is 0.0400. The predicted molar refractivity (Wildman–Crippen MR) is 116 cm³/mol. The maximum absolute atomic E-state index is 12.8. The number of carbonyl (C=O) groups excluding carboxylic acids is 2. The van der Waals surface area contributed by atoms with Crippen molar-refractivity contribution in [2.75, 3.05) is 39.9 Å². The molecule has 0 radical (unpaired) electrons. The number of hydrogen-bond acceptors (Lipinski definition) is 5. The minimum Gasteiger partial charge on any atom is -0.469 e. The third-order valence-electron chi connectivity index (χ3n) is 6.41. The van der Waals surface area contributed by atoms with Crippen LogP contribution in [0.5, 0.6) is 0 Å². The molecule has 1 amide bonds. The SMILES string of the molecule is COC(=O)CCC(=O)N(CC1CCN(Cc2ccccc2C)CC1)C[C@@H]1CCCO1. The van der Waals surface area contributed by atoms with Crippen LogP contribution in [-0.2, 0) is 25.6 Å². The molecule has 1 aromatic carbocycles. The van der Waals surface area contributed by atoms with Gasteiger partial charge in [-0.05, 0) is 62.7 Å². The zero-order valence-corrected chi connectivity index (χ0v) is 18.5. The summed E-state index contributed by atoms with van der Waals surface area (Å²) in [5, 5.41) is 0. The highest BCUT2D eigenvalue weighted by atomic mass is 16.5. The zero-order valence-electron chi connectivity index (χ0n) is 18.5. The van der Waals surface area contributed by atoms with Gasteiger partial charge in [-0.25, -0.2) is 0 Å². The number of carbonyl (C=O) groups is 2. The van der Waals surface area contributed by atoms with Gasteiger partial charge in [-0.1, -0.05) is 24.3 Å². The molecule has 0 spiro atoms. The number of rotatable bonds is 9. The fourth-order valence-corrected chi connectivity index (χ4v) is 4.45. The second-order valence-corrected chi connectivity index (χ2v) is 8.66. The lowest BCUT2D eigenvalue weighted by atomic mass is 9.95. The van der Waals surface area contributed by atoms with E-state index in [1.54, 1.807) is 0 Å². The lowest BCUT2D eigenvalue weighted by molar-refractivity contribution is -0.144. The number of aryl methyl sites for hydroxylation is 1. The van der Waals surface area contributed by atoms with E-state index in [2.05, 4.69) is 36.1 Å². The average molecular weight is 417 g/mol. The van der Waals surface area contributed by atoms with E-state index < -0.39 is 0 Å². The molecule has 2 saturated heterocycles. The Hall–Kier alpha value is -1.92. The van der Waals surface area contributed by atoms with Gasteiger partial charge in [0.2, 0.25) is 5.91 Å². The summed E-state index contributed by atoms with van der Waals surface area (Å²) in [4.78, 5) is 28.7. The molecule has 2 heterocycles. The summed E-state index contributed by atoms with van der Waals surface area (Å²) in [7, 11) is 1.36. The lowest BCUT2D eigenvalue weighted by Crippen LogP contribution is -2.43. The van der Waals surface area contributed by atoms with Gasteiger partial charge in [-0.2, -0.15) is 0 Å². The van der Waals surface area contributed by atoms with Crippen molar-refractivity contribution < 1.29 is 19.1 Å². The van der Waals surface area contributed by atoms with E-state index in [9.17, 15) is 9.59 Å².